The lowest BCUT2D eigenvalue weighted by Crippen LogP contribution is -2.33. The molecule has 1 atom stereocenters. The van der Waals surface area contributed by atoms with E-state index in [0.717, 1.165) is 11.4 Å². The minimum atomic E-state index is -0.616. The van der Waals surface area contributed by atoms with Crippen molar-refractivity contribution in [1.29, 1.82) is 0 Å². The van der Waals surface area contributed by atoms with Crippen LogP contribution in [-0.4, -0.2) is 18.4 Å². The van der Waals surface area contributed by atoms with E-state index < -0.39 is 5.92 Å². The maximum Gasteiger partial charge on any atom is 0.239 e. The van der Waals surface area contributed by atoms with Gasteiger partial charge in [-0.2, -0.15) is 0 Å². The fourth-order valence-corrected chi connectivity index (χ4v) is 2.97. The van der Waals surface area contributed by atoms with Gasteiger partial charge in [0, 0.05) is 17.9 Å². The zero-order chi connectivity index (χ0) is 17.1. The van der Waals surface area contributed by atoms with Gasteiger partial charge in [0.2, 0.25) is 11.8 Å². The molecule has 0 unspecified atom stereocenters. The van der Waals surface area contributed by atoms with Crippen molar-refractivity contribution in [3.05, 3.63) is 60.2 Å². The van der Waals surface area contributed by atoms with Crippen molar-refractivity contribution in [3.8, 4) is 0 Å². The van der Waals surface area contributed by atoms with Crippen molar-refractivity contribution in [2.24, 2.45) is 5.92 Å². The standard InChI is InChI=1S/C20H22N2O2/c1-14(2)15-8-10-16(11-9-15)21-19(23)18-12-13-22(20(18)24)17-6-4-3-5-7-17/h3-11,14,18H,12-13H2,1-2H3,(H,21,23)/t18-/m0/s1. The molecule has 2 amide bonds. The number of para-hydroxylation sites is 1. The van der Waals surface area contributed by atoms with Gasteiger partial charge >= 0.3 is 0 Å². The summed E-state index contributed by atoms with van der Waals surface area (Å²) in [7, 11) is 0. The summed E-state index contributed by atoms with van der Waals surface area (Å²) in [5, 5.41) is 2.87. The number of carbonyl (C=O) groups is 2. The topological polar surface area (TPSA) is 49.4 Å². The number of nitrogens with one attached hydrogen (secondary N) is 1. The molecule has 2 aromatic carbocycles. The third-order valence-corrected chi connectivity index (χ3v) is 4.43. The summed E-state index contributed by atoms with van der Waals surface area (Å²) in [5.41, 5.74) is 2.80. The highest BCUT2D eigenvalue weighted by Crippen LogP contribution is 2.26. The first-order valence-corrected chi connectivity index (χ1v) is 8.33. The highest BCUT2D eigenvalue weighted by molar-refractivity contribution is 6.13. The van der Waals surface area contributed by atoms with Gasteiger partial charge in [0.15, 0.2) is 0 Å². The molecule has 0 bridgehead atoms. The largest absolute Gasteiger partial charge is 0.325 e. The second kappa shape index (κ2) is 6.87. The monoisotopic (exact) mass is 322 g/mol. The van der Waals surface area contributed by atoms with Gasteiger partial charge in [-0.15, -0.1) is 0 Å². The molecule has 124 valence electrons. The molecule has 1 aliphatic rings. The summed E-state index contributed by atoms with van der Waals surface area (Å²) in [6.07, 6.45) is 0.545. The number of rotatable bonds is 4. The molecule has 0 spiro atoms. The Morgan fingerprint density at radius 3 is 2.38 bits per heavy atom. The molecule has 2 aromatic rings. The molecule has 24 heavy (non-hydrogen) atoms. The van der Waals surface area contributed by atoms with E-state index in [1.165, 1.54) is 5.56 Å². The molecule has 0 saturated carbocycles. The first kappa shape index (κ1) is 16.2. The molecular weight excluding hydrogens is 300 g/mol. The van der Waals surface area contributed by atoms with Crippen LogP contribution in [0.2, 0.25) is 0 Å². The summed E-state index contributed by atoms with van der Waals surface area (Å²) in [6, 6.07) is 17.3. The number of anilines is 2. The van der Waals surface area contributed by atoms with Crippen molar-refractivity contribution in [2.45, 2.75) is 26.2 Å². The van der Waals surface area contributed by atoms with E-state index in [1.54, 1.807) is 4.90 Å². The van der Waals surface area contributed by atoms with Gasteiger partial charge in [-0.3, -0.25) is 9.59 Å². The Bertz CT molecular complexity index is 723. The summed E-state index contributed by atoms with van der Waals surface area (Å²) in [6.45, 7) is 4.83. The summed E-state index contributed by atoms with van der Waals surface area (Å²) < 4.78 is 0. The van der Waals surface area contributed by atoms with Gasteiger partial charge in [-0.25, -0.2) is 0 Å². The van der Waals surface area contributed by atoms with Gasteiger partial charge in [0.05, 0.1) is 0 Å². The SMILES string of the molecule is CC(C)c1ccc(NC(=O)[C@@H]2CCN(c3ccccc3)C2=O)cc1. The molecule has 1 fully saturated rings. The second-order valence-electron chi connectivity index (χ2n) is 6.43. The van der Waals surface area contributed by atoms with Crippen LogP contribution >= 0.6 is 0 Å². The van der Waals surface area contributed by atoms with Crippen LogP contribution in [0.25, 0.3) is 0 Å². The normalized spacial score (nSPS) is 17.4. The van der Waals surface area contributed by atoms with Crippen LogP contribution in [0.3, 0.4) is 0 Å². The predicted molar refractivity (Wildman–Crippen MR) is 96.1 cm³/mol. The predicted octanol–water partition coefficient (Wildman–Crippen LogP) is 3.80. The van der Waals surface area contributed by atoms with E-state index in [1.807, 2.05) is 54.6 Å². The smallest absolute Gasteiger partial charge is 0.239 e. The van der Waals surface area contributed by atoms with Gasteiger partial charge in [0.25, 0.3) is 0 Å². The third-order valence-electron chi connectivity index (χ3n) is 4.43. The Morgan fingerprint density at radius 2 is 1.75 bits per heavy atom. The van der Waals surface area contributed by atoms with E-state index in [4.69, 9.17) is 0 Å². The summed E-state index contributed by atoms with van der Waals surface area (Å²) in [5.74, 6) is -0.520. The molecule has 3 rings (SSSR count). The fourth-order valence-electron chi connectivity index (χ4n) is 2.97. The summed E-state index contributed by atoms with van der Waals surface area (Å²) in [4.78, 5) is 26.7. The van der Waals surface area contributed by atoms with Crippen LogP contribution in [0.1, 0.15) is 31.7 Å². The molecule has 1 saturated heterocycles. The Hall–Kier alpha value is -2.62. The zero-order valence-electron chi connectivity index (χ0n) is 14.0. The lowest BCUT2D eigenvalue weighted by Gasteiger charge is -2.16. The zero-order valence-corrected chi connectivity index (χ0v) is 14.0. The van der Waals surface area contributed by atoms with Gasteiger partial charge < -0.3 is 10.2 Å². The highest BCUT2D eigenvalue weighted by Gasteiger charge is 2.37. The Morgan fingerprint density at radius 1 is 1.08 bits per heavy atom. The van der Waals surface area contributed by atoms with Crippen LogP contribution in [0, 0.1) is 5.92 Å². The van der Waals surface area contributed by atoms with Crippen molar-refractivity contribution < 1.29 is 9.59 Å². The molecule has 0 radical (unpaired) electrons. The summed E-state index contributed by atoms with van der Waals surface area (Å²) >= 11 is 0. The highest BCUT2D eigenvalue weighted by atomic mass is 16.2. The number of nitrogens with zero attached hydrogens (tertiary/aromatic N) is 1. The lowest BCUT2D eigenvalue weighted by molar-refractivity contribution is -0.129. The van der Waals surface area contributed by atoms with Crippen molar-refractivity contribution >= 4 is 23.2 Å². The molecule has 0 aliphatic carbocycles. The quantitative estimate of drug-likeness (QED) is 0.870. The minimum absolute atomic E-state index is 0.127. The Kier molecular flexibility index (Phi) is 4.65. The molecule has 4 nitrogen and oxygen atoms in total. The number of hydrogen-bond acceptors (Lipinski definition) is 2. The number of amides is 2. The number of hydrogen-bond donors (Lipinski definition) is 1. The van der Waals surface area contributed by atoms with Crippen molar-refractivity contribution in [1.82, 2.24) is 0 Å². The van der Waals surface area contributed by atoms with Gasteiger partial charge in [-0.05, 0) is 42.2 Å². The third kappa shape index (κ3) is 3.32. The molecular formula is C20H22N2O2. The van der Waals surface area contributed by atoms with E-state index in [0.29, 0.717) is 18.9 Å². The van der Waals surface area contributed by atoms with Gasteiger partial charge in [0.1, 0.15) is 5.92 Å². The maximum atomic E-state index is 12.5. The van der Waals surface area contributed by atoms with E-state index in [-0.39, 0.29) is 11.8 Å². The van der Waals surface area contributed by atoms with E-state index in [9.17, 15) is 9.59 Å². The van der Waals surface area contributed by atoms with Crippen LogP contribution in [0.15, 0.2) is 54.6 Å². The first-order valence-electron chi connectivity index (χ1n) is 8.33. The van der Waals surface area contributed by atoms with Crippen LogP contribution in [0.4, 0.5) is 11.4 Å². The van der Waals surface area contributed by atoms with Crippen molar-refractivity contribution in [2.75, 3.05) is 16.8 Å². The molecule has 0 aromatic heterocycles. The fraction of sp³-hybridized carbons (Fsp3) is 0.300. The van der Waals surface area contributed by atoms with Crippen LogP contribution in [0.5, 0.6) is 0 Å². The maximum absolute atomic E-state index is 12.5. The lowest BCUT2D eigenvalue weighted by atomic mass is 10.0. The van der Waals surface area contributed by atoms with Gasteiger partial charge in [-0.1, -0.05) is 44.2 Å². The number of carbonyl (C=O) groups excluding carboxylic acids is 2. The molecule has 4 heteroatoms. The number of benzene rings is 2. The first-order chi connectivity index (χ1) is 11.6. The second-order valence-corrected chi connectivity index (χ2v) is 6.43. The van der Waals surface area contributed by atoms with Crippen LogP contribution < -0.4 is 10.2 Å². The molecule has 1 N–H and O–H groups in total. The minimum Gasteiger partial charge on any atom is -0.325 e. The molecule has 1 heterocycles. The Labute approximate surface area is 142 Å². The van der Waals surface area contributed by atoms with Crippen LogP contribution in [-0.2, 0) is 9.59 Å². The van der Waals surface area contributed by atoms with Crippen molar-refractivity contribution in [3.63, 3.8) is 0 Å². The van der Waals surface area contributed by atoms with E-state index >= 15 is 0 Å². The average Bonchev–Trinajstić information content (AvgIpc) is 2.98. The average molecular weight is 322 g/mol. The molecule has 1 aliphatic heterocycles. The van der Waals surface area contributed by atoms with E-state index in [2.05, 4.69) is 19.2 Å². The Balaban J connectivity index is 1.66.